The van der Waals surface area contributed by atoms with Crippen molar-refractivity contribution in [1.29, 1.82) is 0 Å². The molecule has 0 saturated carbocycles. The molecule has 0 radical (unpaired) electrons. The summed E-state index contributed by atoms with van der Waals surface area (Å²) in [6.07, 6.45) is 1.15. The van der Waals surface area contributed by atoms with E-state index in [-0.39, 0.29) is 0 Å². The average molecular weight is 101 g/mol. The van der Waals surface area contributed by atoms with Crippen LogP contribution in [0.1, 0.15) is 13.3 Å². The summed E-state index contributed by atoms with van der Waals surface area (Å²) in [5, 5.41) is 10.1. The van der Waals surface area contributed by atoms with Crippen LogP contribution in [0.2, 0.25) is 0 Å². The van der Waals surface area contributed by atoms with Crippen LogP contribution in [0.15, 0.2) is 0 Å². The summed E-state index contributed by atoms with van der Waals surface area (Å²) >= 11 is 0. The predicted octanol–water partition coefficient (Wildman–Crippen LogP) is 0.717. The van der Waals surface area contributed by atoms with Gasteiger partial charge in [0.15, 0.2) is 0 Å². The molecule has 1 atom stereocenters. The molecular formula is C5H11NO. The van der Waals surface area contributed by atoms with Gasteiger partial charge in [-0.05, 0) is 12.3 Å². The minimum Gasteiger partial charge on any atom is -0.314 e. The molecule has 0 aliphatic carbocycles. The highest BCUT2D eigenvalue weighted by Crippen LogP contribution is 2.11. The minimum absolute atomic E-state index is 0.699. The van der Waals surface area contributed by atoms with Crippen molar-refractivity contribution in [2.24, 2.45) is 5.92 Å². The summed E-state index contributed by atoms with van der Waals surface area (Å²) in [6, 6.07) is 0. The van der Waals surface area contributed by atoms with Crippen LogP contribution in [0.3, 0.4) is 0 Å². The molecule has 0 bridgehead atoms. The van der Waals surface area contributed by atoms with Crippen LogP contribution in [-0.2, 0) is 0 Å². The number of hydrogen-bond donors (Lipinski definition) is 1. The summed E-state index contributed by atoms with van der Waals surface area (Å²) in [5.41, 5.74) is 0. The van der Waals surface area contributed by atoms with Gasteiger partial charge in [-0.1, -0.05) is 6.92 Å². The van der Waals surface area contributed by atoms with E-state index in [2.05, 4.69) is 6.92 Å². The van der Waals surface area contributed by atoms with E-state index in [0.29, 0.717) is 5.92 Å². The summed E-state index contributed by atoms with van der Waals surface area (Å²) in [4.78, 5) is 0. The van der Waals surface area contributed by atoms with Crippen LogP contribution in [0.5, 0.6) is 0 Å². The van der Waals surface area contributed by atoms with Gasteiger partial charge in [0.25, 0.3) is 0 Å². The van der Waals surface area contributed by atoms with Gasteiger partial charge in [0.1, 0.15) is 0 Å². The lowest BCUT2D eigenvalue weighted by molar-refractivity contribution is -0.0707. The highest BCUT2D eigenvalue weighted by Gasteiger charge is 2.15. The maximum absolute atomic E-state index is 8.73. The zero-order valence-electron chi connectivity index (χ0n) is 4.59. The fourth-order valence-corrected chi connectivity index (χ4v) is 0.912. The van der Waals surface area contributed by atoms with Gasteiger partial charge in [-0.15, -0.1) is 0 Å². The van der Waals surface area contributed by atoms with Crippen molar-refractivity contribution >= 4 is 0 Å². The first-order valence-corrected chi connectivity index (χ1v) is 2.73. The standard InChI is InChI=1S/C5H11NO/c1-5-2-3-6(7)4-5/h5,7H,2-4H2,1H3. The Bertz CT molecular complexity index is 57.1. The Morgan fingerprint density at radius 3 is 2.57 bits per heavy atom. The molecule has 1 saturated heterocycles. The molecule has 2 nitrogen and oxygen atoms in total. The van der Waals surface area contributed by atoms with E-state index in [1.807, 2.05) is 0 Å². The van der Waals surface area contributed by atoms with Gasteiger partial charge < -0.3 is 5.21 Å². The average Bonchev–Trinajstić information content (AvgIpc) is 1.87. The first-order valence-electron chi connectivity index (χ1n) is 2.73. The Hall–Kier alpha value is -0.0800. The van der Waals surface area contributed by atoms with Crippen molar-refractivity contribution in [2.75, 3.05) is 13.1 Å². The first kappa shape index (κ1) is 5.06. The minimum atomic E-state index is 0.699. The topological polar surface area (TPSA) is 23.5 Å². The molecule has 1 aliphatic rings. The van der Waals surface area contributed by atoms with E-state index in [9.17, 15) is 0 Å². The van der Waals surface area contributed by atoms with Gasteiger partial charge in [-0.2, -0.15) is 5.06 Å². The largest absolute Gasteiger partial charge is 0.314 e. The molecule has 0 aromatic rings. The van der Waals surface area contributed by atoms with Crippen molar-refractivity contribution in [1.82, 2.24) is 5.06 Å². The maximum atomic E-state index is 8.73. The second kappa shape index (κ2) is 1.80. The highest BCUT2D eigenvalue weighted by atomic mass is 16.5. The zero-order valence-corrected chi connectivity index (χ0v) is 4.59. The van der Waals surface area contributed by atoms with Crippen LogP contribution < -0.4 is 0 Å². The second-order valence-electron chi connectivity index (χ2n) is 2.31. The fourth-order valence-electron chi connectivity index (χ4n) is 0.912. The van der Waals surface area contributed by atoms with E-state index < -0.39 is 0 Å². The van der Waals surface area contributed by atoms with E-state index in [4.69, 9.17) is 5.21 Å². The van der Waals surface area contributed by atoms with Crippen molar-refractivity contribution < 1.29 is 5.21 Å². The lowest BCUT2D eigenvalue weighted by Crippen LogP contribution is -2.13. The van der Waals surface area contributed by atoms with Crippen molar-refractivity contribution in [3.63, 3.8) is 0 Å². The highest BCUT2D eigenvalue weighted by molar-refractivity contribution is 4.64. The predicted molar refractivity (Wildman–Crippen MR) is 27.1 cm³/mol. The molecule has 0 aromatic heterocycles. The Kier molecular flexibility index (Phi) is 1.30. The molecule has 1 N–H and O–H groups in total. The lowest BCUT2D eigenvalue weighted by Gasteiger charge is -2.01. The smallest absolute Gasteiger partial charge is 0.0264 e. The summed E-state index contributed by atoms with van der Waals surface area (Å²) in [5.74, 6) is 0.699. The Morgan fingerprint density at radius 1 is 1.71 bits per heavy atom. The molecule has 0 aromatic carbocycles. The van der Waals surface area contributed by atoms with Crippen molar-refractivity contribution in [3.05, 3.63) is 0 Å². The van der Waals surface area contributed by atoms with Gasteiger partial charge in [-0.3, -0.25) is 0 Å². The van der Waals surface area contributed by atoms with E-state index in [1.165, 1.54) is 5.06 Å². The molecular weight excluding hydrogens is 90.1 g/mol. The van der Waals surface area contributed by atoms with Crippen molar-refractivity contribution in [3.8, 4) is 0 Å². The zero-order chi connectivity index (χ0) is 5.28. The lowest BCUT2D eigenvalue weighted by atomic mass is 10.2. The Morgan fingerprint density at radius 2 is 2.43 bits per heavy atom. The molecule has 1 aliphatic heterocycles. The van der Waals surface area contributed by atoms with Crippen LogP contribution in [0.25, 0.3) is 0 Å². The van der Waals surface area contributed by atoms with Gasteiger partial charge in [0.05, 0.1) is 0 Å². The quantitative estimate of drug-likeness (QED) is 0.486. The van der Waals surface area contributed by atoms with Gasteiger partial charge >= 0.3 is 0 Å². The second-order valence-corrected chi connectivity index (χ2v) is 2.31. The van der Waals surface area contributed by atoms with Gasteiger partial charge in [0, 0.05) is 13.1 Å². The van der Waals surface area contributed by atoms with E-state index in [0.717, 1.165) is 19.5 Å². The van der Waals surface area contributed by atoms with Crippen LogP contribution >= 0.6 is 0 Å². The van der Waals surface area contributed by atoms with E-state index in [1.54, 1.807) is 0 Å². The number of nitrogens with zero attached hydrogens (tertiary/aromatic N) is 1. The SMILES string of the molecule is CC1CCN(O)C1. The Labute approximate surface area is 43.7 Å². The third-order valence-corrected chi connectivity index (χ3v) is 1.40. The maximum Gasteiger partial charge on any atom is 0.0264 e. The van der Waals surface area contributed by atoms with Crippen LogP contribution in [0.4, 0.5) is 0 Å². The molecule has 7 heavy (non-hydrogen) atoms. The number of hydrogen-bond acceptors (Lipinski definition) is 2. The summed E-state index contributed by atoms with van der Waals surface area (Å²) < 4.78 is 0. The normalized spacial score (nSPS) is 34.3. The van der Waals surface area contributed by atoms with Gasteiger partial charge in [-0.25, -0.2) is 0 Å². The third kappa shape index (κ3) is 1.14. The third-order valence-electron chi connectivity index (χ3n) is 1.40. The molecule has 0 spiro atoms. The molecule has 1 heterocycles. The van der Waals surface area contributed by atoms with E-state index >= 15 is 0 Å². The fraction of sp³-hybridized carbons (Fsp3) is 1.00. The van der Waals surface area contributed by atoms with Crippen LogP contribution in [-0.4, -0.2) is 23.4 Å². The summed E-state index contributed by atoms with van der Waals surface area (Å²) in [7, 11) is 0. The van der Waals surface area contributed by atoms with Gasteiger partial charge in [0.2, 0.25) is 0 Å². The van der Waals surface area contributed by atoms with Crippen molar-refractivity contribution in [2.45, 2.75) is 13.3 Å². The monoisotopic (exact) mass is 101 g/mol. The molecule has 1 rings (SSSR count). The summed E-state index contributed by atoms with van der Waals surface area (Å²) in [6.45, 7) is 3.87. The number of rotatable bonds is 0. The molecule has 2 heteroatoms. The molecule has 1 fully saturated rings. The molecule has 1 unspecified atom stereocenters. The Balaban J connectivity index is 2.26. The first-order chi connectivity index (χ1) is 3.29. The van der Waals surface area contributed by atoms with Crippen LogP contribution in [0, 0.1) is 5.92 Å². The number of hydroxylamine groups is 2. The molecule has 0 amide bonds. The molecule has 42 valence electrons.